The molecule has 0 saturated heterocycles. The number of ether oxygens (including phenoxy) is 1. The molecular weight excluding hydrogens is 424 g/mol. The lowest BCUT2D eigenvalue weighted by Gasteiger charge is -2.14. The third-order valence-corrected chi connectivity index (χ3v) is 6.21. The normalized spacial score (nSPS) is 14.4. The van der Waals surface area contributed by atoms with Gasteiger partial charge < -0.3 is 14.6 Å². The molecule has 166 valence electrons. The summed E-state index contributed by atoms with van der Waals surface area (Å²) in [7, 11) is 0. The number of hydrogen-bond acceptors (Lipinski definition) is 5. The first-order chi connectivity index (χ1) is 15.7. The molecule has 0 unspecified atom stereocenters. The predicted octanol–water partition coefficient (Wildman–Crippen LogP) is 6.15. The number of hydrogen-bond donors (Lipinski definition) is 1. The second-order valence-electron chi connectivity index (χ2n) is 8.32. The van der Waals surface area contributed by atoms with Crippen LogP contribution in [0.25, 0.3) is 28.3 Å². The minimum atomic E-state index is 0.262. The summed E-state index contributed by atoms with van der Waals surface area (Å²) < 4.78 is 13.5. The summed E-state index contributed by atoms with van der Waals surface area (Å²) in [5.41, 5.74) is 3.07. The average molecular weight is 451 g/mol. The van der Waals surface area contributed by atoms with Crippen LogP contribution in [-0.4, -0.2) is 27.4 Å². The SMILES string of the molecule is CCCNCc1ccc2c(ccn2-c2noc(-c3ccc(OC4CCCC4)c(Cl)c3)n2)c1. The minimum absolute atomic E-state index is 0.262. The van der Waals surface area contributed by atoms with Gasteiger partial charge in [0.15, 0.2) is 0 Å². The monoisotopic (exact) mass is 450 g/mol. The molecule has 7 heteroatoms. The maximum Gasteiger partial charge on any atom is 0.275 e. The van der Waals surface area contributed by atoms with Crippen LogP contribution in [0, 0.1) is 0 Å². The molecule has 0 aliphatic heterocycles. The van der Waals surface area contributed by atoms with Crippen molar-refractivity contribution in [2.75, 3.05) is 6.54 Å². The van der Waals surface area contributed by atoms with Crippen molar-refractivity contribution in [1.29, 1.82) is 0 Å². The van der Waals surface area contributed by atoms with E-state index in [-0.39, 0.29) is 6.10 Å². The summed E-state index contributed by atoms with van der Waals surface area (Å²) in [5, 5.41) is 9.33. The third kappa shape index (κ3) is 4.38. The van der Waals surface area contributed by atoms with Crippen LogP contribution in [0.15, 0.2) is 53.2 Å². The molecule has 2 heterocycles. The second-order valence-corrected chi connectivity index (χ2v) is 8.73. The summed E-state index contributed by atoms with van der Waals surface area (Å²) in [4.78, 5) is 4.60. The zero-order valence-corrected chi connectivity index (χ0v) is 18.9. The van der Waals surface area contributed by atoms with Gasteiger partial charge in [-0.3, -0.25) is 4.57 Å². The molecule has 1 N–H and O–H groups in total. The Hall–Kier alpha value is -2.83. The summed E-state index contributed by atoms with van der Waals surface area (Å²) in [6, 6.07) is 14.1. The van der Waals surface area contributed by atoms with Crippen molar-refractivity contribution in [2.24, 2.45) is 0 Å². The van der Waals surface area contributed by atoms with Crippen molar-refractivity contribution < 1.29 is 9.26 Å². The highest BCUT2D eigenvalue weighted by Gasteiger charge is 2.19. The first-order valence-electron chi connectivity index (χ1n) is 11.3. The highest BCUT2D eigenvalue weighted by Crippen LogP contribution is 2.33. The fraction of sp³-hybridized carbons (Fsp3) is 0.360. The van der Waals surface area contributed by atoms with Crippen molar-refractivity contribution in [1.82, 2.24) is 20.0 Å². The van der Waals surface area contributed by atoms with Gasteiger partial charge >= 0.3 is 0 Å². The van der Waals surface area contributed by atoms with E-state index in [9.17, 15) is 0 Å². The van der Waals surface area contributed by atoms with Crippen LogP contribution in [0.1, 0.15) is 44.6 Å². The lowest BCUT2D eigenvalue weighted by atomic mass is 10.1. The molecule has 1 aliphatic carbocycles. The molecule has 2 aromatic heterocycles. The summed E-state index contributed by atoms with van der Waals surface area (Å²) in [6.45, 7) is 4.05. The number of nitrogens with zero attached hydrogens (tertiary/aromatic N) is 3. The molecule has 0 atom stereocenters. The predicted molar refractivity (Wildman–Crippen MR) is 126 cm³/mol. The topological polar surface area (TPSA) is 65.1 Å². The van der Waals surface area contributed by atoms with E-state index in [4.69, 9.17) is 20.9 Å². The number of aromatic nitrogens is 3. The minimum Gasteiger partial charge on any atom is -0.489 e. The van der Waals surface area contributed by atoms with Crippen molar-refractivity contribution in [3.05, 3.63) is 59.2 Å². The largest absolute Gasteiger partial charge is 0.489 e. The highest BCUT2D eigenvalue weighted by atomic mass is 35.5. The Morgan fingerprint density at radius 2 is 2.03 bits per heavy atom. The molecule has 32 heavy (non-hydrogen) atoms. The quantitative estimate of drug-likeness (QED) is 0.326. The summed E-state index contributed by atoms with van der Waals surface area (Å²) in [6.07, 6.45) is 7.97. The molecule has 1 saturated carbocycles. The van der Waals surface area contributed by atoms with Gasteiger partial charge in [0.05, 0.1) is 16.6 Å². The van der Waals surface area contributed by atoms with Gasteiger partial charge in [0.1, 0.15) is 5.75 Å². The standard InChI is InChI=1S/C25H27ClN4O2/c1-2-12-27-16-17-7-9-22-18(14-17)11-13-30(22)25-28-24(32-29-25)19-8-10-23(21(26)15-19)31-20-5-3-4-6-20/h7-11,13-15,20,27H,2-6,12,16H2,1H3. The zero-order chi connectivity index (χ0) is 21.9. The number of fused-ring (bicyclic) bond motifs is 1. The van der Waals surface area contributed by atoms with Crippen LogP contribution in [0.3, 0.4) is 0 Å². The fourth-order valence-corrected chi connectivity index (χ4v) is 4.46. The Morgan fingerprint density at radius 3 is 2.84 bits per heavy atom. The van der Waals surface area contributed by atoms with Crippen molar-refractivity contribution in [3.63, 3.8) is 0 Å². The lowest BCUT2D eigenvalue weighted by Crippen LogP contribution is -2.13. The van der Waals surface area contributed by atoms with Crippen LogP contribution < -0.4 is 10.1 Å². The molecule has 6 nitrogen and oxygen atoms in total. The van der Waals surface area contributed by atoms with E-state index >= 15 is 0 Å². The van der Waals surface area contributed by atoms with Crippen molar-refractivity contribution >= 4 is 22.5 Å². The van der Waals surface area contributed by atoms with E-state index in [0.717, 1.165) is 48.8 Å². The molecule has 0 amide bonds. The van der Waals surface area contributed by atoms with Gasteiger partial charge in [-0.2, -0.15) is 4.98 Å². The molecule has 0 spiro atoms. The molecular formula is C25H27ClN4O2. The van der Waals surface area contributed by atoms with Crippen LogP contribution in [0.4, 0.5) is 0 Å². The molecule has 2 aromatic carbocycles. The number of halogens is 1. The van der Waals surface area contributed by atoms with Gasteiger partial charge in [0, 0.05) is 23.7 Å². The molecule has 0 radical (unpaired) electrons. The maximum absolute atomic E-state index is 6.48. The molecule has 5 rings (SSSR count). The van der Waals surface area contributed by atoms with Crippen LogP contribution >= 0.6 is 11.6 Å². The van der Waals surface area contributed by atoms with E-state index in [2.05, 4.69) is 46.6 Å². The van der Waals surface area contributed by atoms with E-state index in [1.54, 1.807) is 0 Å². The number of rotatable bonds is 8. The molecule has 1 fully saturated rings. The first kappa shape index (κ1) is 21.0. The fourth-order valence-electron chi connectivity index (χ4n) is 4.23. The van der Waals surface area contributed by atoms with Gasteiger partial charge in [0.2, 0.25) is 0 Å². The van der Waals surface area contributed by atoms with Crippen LogP contribution in [0.2, 0.25) is 5.02 Å². The Labute approximate surface area is 192 Å². The van der Waals surface area contributed by atoms with Crippen molar-refractivity contribution in [3.8, 4) is 23.2 Å². The Kier molecular flexibility index (Phi) is 6.14. The molecule has 1 aliphatic rings. The van der Waals surface area contributed by atoms with E-state index in [1.807, 2.05) is 29.0 Å². The van der Waals surface area contributed by atoms with Gasteiger partial charge in [-0.25, -0.2) is 0 Å². The van der Waals surface area contributed by atoms with Gasteiger partial charge in [-0.05, 0) is 85.8 Å². The number of nitrogens with one attached hydrogen (secondary N) is 1. The number of benzene rings is 2. The van der Waals surface area contributed by atoms with E-state index in [1.165, 1.54) is 18.4 Å². The first-order valence-corrected chi connectivity index (χ1v) is 11.7. The van der Waals surface area contributed by atoms with Gasteiger partial charge in [-0.1, -0.05) is 24.6 Å². The van der Waals surface area contributed by atoms with Crippen LogP contribution in [0.5, 0.6) is 5.75 Å². The third-order valence-electron chi connectivity index (χ3n) is 5.92. The average Bonchev–Trinajstić information content (AvgIpc) is 3.56. The van der Waals surface area contributed by atoms with Gasteiger partial charge in [0.25, 0.3) is 11.8 Å². The van der Waals surface area contributed by atoms with Crippen molar-refractivity contribution in [2.45, 2.75) is 51.7 Å². The Bertz CT molecular complexity index is 1210. The maximum atomic E-state index is 6.48. The Morgan fingerprint density at radius 1 is 1.16 bits per heavy atom. The zero-order valence-electron chi connectivity index (χ0n) is 18.2. The Balaban J connectivity index is 1.35. The van der Waals surface area contributed by atoms with E-state index < -0.39 is 0 Å². The van der Waals surface area contributed by atoms with Gasteiger partial charge in [-0.15, -0.1) is 0 Å². The van der Waals surface area contributed by atoms with Crippen LogP contribution in [-0.2, 0) is 6.54 Å². The summed E-state index contributed by atoms with van der Waals surface area (Å²) in [5.74, 6) is 1.63. The molecule has 0 bridgehead atoms. The lowest BCUT2D eigenvalue weighted by molar-refractivity contribution is 0.210. The molecule has 4 aromatic rings. The summed E-state index contributed by atoms with van der Waals surface area (Å²) >= 11 is 6.48. The second kappa shape index (κ2) is 9.35. The smallest absolute Gasteiger partial charge is 0.275 e. The van der Waals surface area contributed by atoms with E-state index in [0.29, 0.717) is 22.6 Å². The highest BCUT2D eigenvalue weighted by molar-refractivity contribution is 6.32.